The molecule has 0 radical (unpaired) electrons. The normalized spacial score (nSPS) is 19.4. The molecule has 22 heteroatoms. The fourth-order valence-electron chi connectivity index (χ4n) is 11.4. The third-order valence-corrected chi connectivity index (χ3v) is 15.7. The number of likely N-dealkylation sites (tertiary alicyclic amines) is 1. The Morgan fingerprint density at radius 1 is 1.00 bits per heavy atom. The largest absolute Gasteiger partial charge is 0.489 e. The van der Waals surface area contributed by atoms with Crippen LogP contribution < -0.4 is 41.3 Å². The van der Waals surface area contributed by atoms with Crippen LogP contribution in [-0.2, 0) is 27.5 Å². The van der Waals surface area contributed by atoms with Gasteiger partial charge in [-0.05, 0) is 67.0 Å². The number of aliphatic hydroxyl groups is 1. The molecule has 4 fully saturated rings. The van der Waals surface area contributed by atoms with Gasteiger partial charge in [0.15, 0.2) is 11.5 Å². The van der Waals surface area contributed by atoms with Gasteiger partial charge in [-0.3, -0.25) is 19.8 Å². The van der Waals surface area contributed by atoms with Gasteiger partial charge in [0.1, 0.15) is 49.1 Å². The first-order chi connectivity index (χ1) is 38.9. The predicted octanol–water partition coefficient (Wildman–Crippen LogP) is 7.19. The number of nitrogens with two attached hydrogens (primary N) is 2. The number of nitrogens with zero attached hydrogens (tertiary/aromatic N) is 7. The van der Waals surface area contributed by atoms with Crippen LogP contribution in [0.25, 0.3) is 49.8 Å². The van der Waals surface area contributed by atoms with Gasteiger partial charge in [-0.1, -0.05) is 80.4 Å². The molecule has 8 heterocycles. The first-order valence-corrected chi connectivity index (χ1v) is 27.7. The molecule has 0 saturated carbocycles. The number of nitrogens with one attached hydrogen (secondary N) is 4. The summed E-state index contributed by atoms with van der Waals surface area (Å²) in [6, 6.07) is 16.7. The molecule has 5 aliphatic rings. The van der Waals surface area contributed by atoms with Crippen LogP contribution in [0.15, 0.2) is 73.2 Å². The van der Waals surface area contributed by atoms with Crippen LogP contribution in [0.1, 0.15) is 80.3 Å². The third kappa shape index (κ3) is 11.2. The van der Waals surface area contributed by atoms with Gasteiger partial charge in [0.25, 0.3) is 0 Å². The van der Waals surface area contributed by atoms with Crippen LogP contribution in [0.3, 0.4) is 0 Å². The lowest BCUT2D eigenvalue weighted by Crippen LogP contribution is -2.53. The highest BCUT2D eigenvalue weighted by Gasteiger charge is 2.50. The van der Waals surface area contributed by atoms with Crippen molar-refractivity contribution in [1.29, 1.82) is 0 Å². The lowest BCUT2D eigenvalue weighted by molar-refractivity contribution is -0.139. The molecular formula is C58H69ClFN13O7. The van der Waals surface area contributed by atoms with Gasteiger partial charge in [-0.25, -0.2) is 10.2 Å². The number of piperazine rings is 1. The van der Waals surface area contributed by atoms with Gasteiger partial charge in [0, 0.05) is 85.6 Å². The molecule has 4 atom stereocenters. The van der Waals surface area contributed by atoms with E-state index in [0.717, 1.165) is 48.0 Å². The van der Waals surface area contributed by atoms with E-state index in [1.165, 1.54) is 23.7 Å². The molecular weight excluding hydrogens is 1050 g/mol. The summed E-state index contributed by atoms with van der Waals surface area (Å²) in [6.07, 6.45) is 9.58. The molecule has 20 nitrogen and oxygen atoms in total. The molecule has 5 aliphatic heterocycles. The van der Waals surface area contributed by atoms with E-state index in [9.17, 15) is 9.59 Å². The van der Waals surface area contributed by atoms with Gasteiger partial charge in [0.2, 0.25) is 11.8 Å². The number of halogens is 2. The molecule has 3 aromatic heterocycles. The fourth-order valence-corrected chi connectivity index (χ4v) is 11.7. The Hall–Kier alpha value is -7.56. The highest BCUT2D eigenvalue weighted by Crippen LogP contribution is 2.55. The average molecular weight is 1110 g/mol. The van der Waals surface area contributed by atoms with E-state index in [2.05, 4.69) is 49.8 Å². The van der Waals surface area contributed by atoms with Crippen LogP contribution in [-0.4, -0.2) is 134 Å². The standard InChI is InChI=1S/C54H57ClFN13O6.C3H8.CH4O/c1-28-38(56)19-40-37(23-62-66-40)45(28)46-48(55)50-47-49(63-54(75-35-13-16-72-17-14-35)64-52(47)69-34-18-41(59-21-34)43(69)27-74-50)51(46)73-26-31-7-11-33(12-8-31)39(57)24-67(58)25-44(70)68-15-3-4-42(68)53(71)60-20-30-5-9-32(10-6-30)36-22-61-65-29(36)2;1-3-2;1-2/h5-12,19,22-24,34-35,41-43,59H,3-4,13-18,20-21,25-27,57-58H2,1-2H3,(H,60,71)(H,61,65)(H,62,66);3H2,1-2H3;2H,1H3/b39-24-;;. The molecule has 12 rings (SSSR count). The van der Waals surface area contributed by atoms with Crippen molar-refractivity contribution >= 4 is 56.7 Å². The van der Waals surface area contributed by atoms with Crippen molar-refractivity contribution in [2.75, 3.05) is 51.5 Å². The minimum Gasteiger partial charge on any atom is -0.489 e. The van der Waals surface area contributed by atoms with E-state index < -0.39 is 11.9 Å². The molecule has 422 valence electrons. The number of aromatic amines is 2. The molecule has 0 aliphatic carbocycles. The number of rotatable bonds is 14. The van der Waals surface area contributed by atoms with E-state index in [0.29, 0.717) is 126 Å². The zero-order valence-electron chi connectivity index (χ0n) is 45.7. The van der Waals surface area contributed by atoms with Crippen molar-refractivity contribution in [3.8, 4) is 39.8 Å². The van der Waals surface area contributed by atoms with Crippen LogP contribution in [0, 0.1) is 19.7 Å². The summed E-state index contributed by atoms with van der Waals surface area (Å²) in [5, 5.41) is 30.6. The van der Waals surface area contributed by atoms with Crippen molar-refractivity contribution < 1.29 is 38.0 Å². The zero-order chi connectivity index (χ0) is 56.2. The Morgan fingerprint density at radius 2 is 1.74 bits per heavy atom. The summed E-state index contributed by atoms with van der Waals surface area (Å²) < 4.78 is 41.9. The SMILES string of the molecule is CCC.CO.Cc1[nH]ncc1-c1ccc(CNC(=O)C2CCCN2C(=O)CN(N)/C=C(\N)c2ccc(COc3c(-c4c(C)c(F)cc5[nH]ncc45)c(Cl)c4c5c(nc(OC6CCOCC6)nc35)N3C5CNC(C5)C3CO4)cc2)cc1. The number of fused-ring (bicyclic) bond motifs is 7. The maximum absolute atomic E-state index is 16.0. The van der Waals surface area contributed by atoms with Gasteiger partial charge >= 0.3 is 6.01 Å². The van der Waals surface area contributed by atoms with Crippen molar-refractivity contribution in [1.82, 2.24) is 50.9 Å². The number of aromatic nitrogens is 6. The quantitative estimate of drug-likeness (QED) is 0.0420. The average Bonchev–Trinajstić information content (AvgIpc) is 4.38. The topological polar surface area (TPSA) is 260 Å². The monoisotopic (exact) mass is 1110 g/mol. The summed E-state index contributed by atoms with van der Waals surface area (Å²) in [5.41, 5.74) is 14.4. The lowest BCUT2D eigenvalue weighted by atomic mass is 9.93. The smallest absolute Gasteiger partial charge is 0.319 e. The molecule has 7 aromatic rings. The van der Waals surface area contributed by atoms with E-state index in [4.69, 9.17) is 57.2 Å². The molecule has 2 amide bonds. The summed E-state index contributed by atoms with van der Waals surface area (Å²) >= 11 is 7.59. The van der Waals surface area contributed by atoms with E-state index >= 15 is 4.39 Å². The Kier molecular flexibility index (Phi) is 17.0. The molecule has 80 heavy (non-hydrogen) atoms. The van der Waals surface area contributed by atoms with Crippen LogP contribution in [0.4, 0.5) is 10.2 Å². The van der Waals surface area contributed by atoms with Crippen LogP contribution in [0.2, 0.25) is 5.02 Å². The maximum Gasteiger partial charge on any atom is 0.319 e. The second kappa shape index (κ2) is 24.4. The number of aliphatic hydroxyl groups excluding tert-OH is 1. The lowest BCUT2D eigenvalue weighted by Gasteiger charge is -2.35. The highest BCUT2D eigenvalue weighted by atomic mass is 35.5. The Labute approximate surface area is 468 Å². The maximum atomic E-state index is 16.0. The molecule has 9 N–H and O–H groups in total. The van der Waals surface area contributed by atoms with Crippen molar-refractivity contribution in [3.63, 3.8) is 0 Å². The number of H-pyrrole nitrogens is 2. The number of aryl methyl sites for hydroxylation is 1. The number of hydrogen-bond donors (Lipinski definition) is 7. The van der Waals surface area contributed by atoms with E-state index in [-0.39, 0.29) is 60.2 Å². The molecule has 4 unspecified atom stereocenters. The number of benzene rings is 4. The molecule has 4 aromatic carbocycles. The Morgan fingerprint density at radius 3 is 2.48 bits per heavy atom. The fraction of sp³-hybridized carbons (Fsp3) is 0.414. The number of anilines is 1. The van der Waals surface area contributed by atoms with Crippen LogP contribution in [0.5, 0.6) is 17.5 Å². The highest BCUT2D eigenvalue weighted by molar-refractivity contribution is 6.38. The summed E-state index contributed by atoms with van der Waals surface area (Å²) in [5.74, 6) is 6.77. The minimum absolute atomic E-state index is 0.0347. The second-order valence-corrected chi connectivity index (χ2v) is 21.1. The molecule has 0 spiro atoms. The van der Waals surface area contributed by atoms with Crippen molar-refractivity contribution in [3.05, 3.63) is 112 Å². The summed E-state index contributed by atoms with van der Waals surface area (Å²) in [4.78, 5) is 41.2. The van der Waals surface area contributed by atoms with Crippen molar-refractivity contribution in [2.24, 2.45) is 11.6 Å². The molecule has 4 saturated heterocycles. The first-order valence-electron chi connectivity index (χ1n) is 27.3. The molecule has 2 bridgehead atoms. The van der Waals surface area contributed by atoms with Gasteiger partial charge < -0.3 is 55.2 Å². The number of hydrazine groups is 1. The number of amides is 2. The zero-order valence-corrected chi connectivity index (χ0v) is 46.4. The second-order valence-electron chi connectivity index (χ2n) is 20.7. The first kappa shape index (κ1) is 55.7. The van der Waals surface area contributed by atoms with Crippen molar-refractivity contribution in [2.45, 2.75) is 110 Å². The Bertz CT molecular complexity index is 3390. The van der Waals surface area contributed by atoms with E-state index in [1.54, 1.807) is 24.2 Å². The summed E-state index contributed by atoms with van der Waals surface area (Å²) in [7, 11) is 1.00. The number of carbonyl (C=O) groups excluding carboxylic acids is 2. The number of carbonyl (C=O) groups is 2. The Balaban J connectivity index is 0.00000139. The van der Waals surface area contributed by atoms with Gasteiger partial charge in [-0.2, -0.15) is 20.2 Å². The van der Waals surface area contributed by atoms with Gasteiger partial charge in [0.05, 0.1) is 53.3 Å². The van der Waals surface area contributed by atoms with Gasteiger partial charge in [-0.15, -0.1) is 0 Å². The number of ether oxygens (including phenoxy) is 4. The van der Waals surface area contributed by atoms with Crippen LogP contribution >= 0.6 is 11.6 Å². The van der Waals surface area contributed by atoms with E-state index in [1.807, 2.05) is 55.5 Å². The number of hydrogen-bond acceptors (Lipinski definition) is 16. The minimum atomic E-state index is -0.607. The third-order valence-electron chi connectivity index (χ3n) is 15.3. The predicted molar refractivity (Wildman–Crippen MR) is 304 cm³/mol. The summed E-state index contributed by atoms with van der Waals surface area (Å²) in [6.45, 7) is 10.8.